The van der Waals surface area contributed by atoms with Crippen LogP contribution < -0.4 is 0 Å². The molecular formula is C14H19BrN2. The van der Waals surface area contributed by atoms with E-state index < -0.39 is 0 Å². The van der Waals surface area contributed by atoms with Crippen LogP contribution in [0.2, 0.25) is 0 Å². The molecule has 0 aromatic carbocycles. The van der Waals surface area contributed by atoms with Gasteiger partial charge in [-0.2, -0.15) is 0 Å². The first-order chi connectivity index (χ1) is 8.29. The summed E-state index contributed by atoms with van der Waals surface area (Å²) in [4.78, 5) is 4.97. The average molecular weight is 295 g/mol. The third-order valence-electron chi connectivity index (χ3n) is 3.25. The fourth-order valence-corrected chi connectivity index (χ4v) is 2.54. The van der Waals surface area contributed by atoms with Crippen molar-refractivity contribution < 1.29 is 0 Å². The van der Waals surface area contributed by atoms with Crippen LogP contribution in [0.25, 0.3) is 0 Å². The molecule has 17 heavy (non-hydrogen) atoms. The summed E-state index contributed by atoms with van der Waals surface area (Å²) in [7, 11) is 0. The van der Waals surface area contributed by atoms with E-state index in [9.17, 15) is 0 Å². The first kappa shape index (κ1) is 12.7. The number of allylic oxidation sites excluding steroid dienone is 4. The Hall–Kier alpha value is -0.760. The quantitative estimate of drug-likeness (QED) is 0.723. The fraction of sp³-hybridized carbons (Fsp3) is 0.500. The third-order valence-corrected chi connectivity index (χ3v) is 3.71. The largest absolute Gasteiger partial charge is 0.369 e. The van der Waals surface area contributed by atoms with Crippen molar-refractivity contribution in [3.05, 3.63) is 40.2 Å². The maximum Gasteiger partial charge on any atom is 0.0341 e. The first-order valence-electron chi connectivity index (χ1n) is 6.25. The zero-order chi connectivity index (χ0) is 12.1. The van der Waals surface area contributed by atoms with Crippen molar-refractivity contribution in [2.45, 2.75) is 13.3 Å². The Morgan fingerprint density at radius 2 is 2.06 bits per heavy atom. The van der Waals surface area contributed by atoms with E-state index in [0.29, 0.717) is 0 Å². The molecule has 0 spiro atoms. The lowest BCUT2D eigenvalue weighted by Gasteiger charge is -2.36. The van der Waals surface area contributed by atoms with Crippen molar-refractivity contribution in [3.63, 3.8) is 0 Å². The highest BCUT2D eigenvalue weighted by atomic mass is 79.9. The monoisotopic (exact) mass is 294 g/mol. The zero-order valence-corrected chi connectivity index (χ0v) is 11.9. The molecule has 1 fully saturated rings. The second-order valence-electron chi connectivity index (χ2n) is 4.33. The Bertz CT molecular complexity index is 381. The predicted octanol–water partition coefficient (Wildman–Crippen LogP) is 2.90. The molecular weight excluding hydrogens is 276 g/mol. The van der Waals surface area contributed by atoms with Crippen molar-refractivity contribution in [2.24, 2.45) is 0 Å². The highest BCUT2D eigenvalue weighted by Gasteiger charge is 2.16. The Labute approximate surface area is 112 Å². The van der Waals surface area contributed by atoms with Gasteiger partial charge in [0.25, 0.3) is 0 Å². The molecule has 0 amide bonds. The summed E-state index contributed by atoms with van der Waals surface area (Å²) in [5.41, 5.74) is 4.48. The molecule has 0 N–H and O–H groups in total. The van der Waals surface area contributed by atoms with Gasteiger partial charge in [-0.05, 0) is 31.2 Å². The van der Waals surface area contributed by atoms with E-state index in [4.69, 9.17) is 0 Å². The van der Waals surface area contributed by atoms with Gasteiger partial charge in [-0.1, -0.05) is 28.9 Å². The van der Waals surface area contributed by atoms with Crippen molar-refractivity contribution in [2.75, 3.05) is 32.7 Å². The highest BCUT2D eigenvalue weighted by molar-refractivity contribution is 9.11. The Balaban J connectivity index is 2.03. The summed E-state index contributed by atoms with van der Waals surface area (Å²) in [6.45, 7) is 8.00. The molecule has 0 bridgehead atoms. The Morgan fingerprint density at radius 1 is 1.29 bits per heavy atom. The van der Waals surface area contributed by atoms with Gasteiger partial charge in [0, 0.05) is 36.4 Å². The van der Waals surface area contributed by atoms with Gasteiger partial charge in [0.05, 0.1) is 0 Å². The second-order valence-corrected chi connectivity index (χ2v) is 5.25. The summed E-state index contributed by atoms with van der Waals surface area (Å²) >= 11 is 3.55. The molecule has 1 saturated heterocycles. The predicted molar refractivity (Wildman–Crippen MR) is 76.1 cm³/mol. The van der Waals surface area contributed by atoms with Gasteiger partial charge in [0.2, 0.25) is 0 Å². The first-order valence-corrected chi connectivity index (χ1v) is 7.04. The molecule has 0 unspecified atom stereocenters. The molecule has 2 nitrogen and oxygen atoms in total. The maximum absolute atomic E-state index is 3.55. The van der Waals surface area contributed by atoms with E-state index >= 15 is 0 Å². The number of hydrogen-bond donors (Lipinski definition) is 0. The maximum atomic E-state index is 3.55. The molecule has 0 aromatic heterocycles. The van der Waals surface area contributed by atoms with Crippen LogP contribution in [0.15, 0.2) is 40.2 Å². The molecule has 2 aliphatic rings. The van der Waals surface area contributed by atoms with E-state index in [0.717, 1.165) is 30.5 Å². The lowest BCUT2D eigenvalue weighted by molar-refractivity contribution is 0.168. The molecule has 1 aliphatic carbocycles. The number of rotatable bonds is 2. The molecule has 0 aromatic rings. The molecule has 2 rings (SSSR count). The van der Waals surface area contributed by atoms with Gasteiger partial charge >= 0.3 is 0 Å². The van der Waals surface area contributed by atoms with Crippen molar-refractivity contribution in [1.82, 2.24) is 9.80 Å². The van der Waals surface area contributed by atoms with Gasteiger partial charge in [-0.25, -0.2) is 0 Å². The summed E-state index contributed by atoms with van der Waals surface area (Å²) in [6.07, 6.45) is 9.49. The van der Waals surface area contributed by atoms with Crippen LogP contribution in [0, 0.1) is 0 Å². The number of likely N-dealkylation sites (N-methyl/N-ethyl adjacent to an activating group) is 1. The lowest BCUT2D eigenvalue weighted by atomic mass is 10.2. The third kappa shape index (κ3) is 3.60. The van der Waals surface area contributed by atoms with Gasteiger partial charge in [-0.3, -0.25) is 0 Å². The minimum atomic E-state index is 0.969. The van der Waals surface area contributed by atoms with E-state index in [1.165, 1.54) is 18.8 Å². The van der Waals surface area contributed by atoms with E-state index in [1.807, 2.05) is 6.08 Å². The standard InChI is InChI=1S/C14H19BrN2/c1-2-16-8-10-17(11-9-16)14-7-5-3-4-6-13(15)12-14/h3,6-7,12H,2,5,8-11H2,1H3. The number of halogens is 1. The minimum absolute atomic E-state index is 0.969. The molecule has 92 valence electrons. The van der Waals surface area contributed by atoms with Crippen molar-refractivity contribution >= 4 is 15.9 Å². The van der Waals surface area contributed by atoms with E-state index in [2.05, 4.69) is 56.6 Å². The number of hydrogen-bond acceptors (Lipinski definition) is 2. The molecule has 1 heterocycles. The SMILES string of the molecule is CCN1CCN(C2=CCC=C=CC(Br)=C2)CC1. The van der Waals surface area contributed by atoms with Crippen LogP contribution in [0.1, 0.15) is 13.3 Å². The Morgan fingerprint density at radius 3 is 2.76 bits per heavy atom. The second kappa shape index (κ2) is 6.25. The normalized spacial score (nSPS) is 21.9. The lowest BCUT2D eigenvalue weighted by Crippen LogP contribution is -2.45. The molecule has 3 heteroatoms. The summed E-state index contributed by atoms with van der Waals surface area (Å²) in [6, 6.07) is 0. The van der Waals surface area contributed by atoms with Crippen LogP contribution in [0.5, 0.6) is 0 Å². The minimum Gasteiger partial charge on any atom is -0.369 e. The van der Waals surface area contributed by atoms with E-state index in [1.54, 1.807) is 0 Å². The molecule has 0 saturated carbocycles. The summed E-state index contributed by atoms with van der Waals surface area (Å²) < 4.78 is 1.10. The van der Waals surface area contributed by atoms with Crippen LogP contribution in [-0.2, 0) is 0 Å². The van der Waals surface area contributed by atoms with Crippen molar-refractivity contribution in [3.8, 4) is 0 Å². The fourth-order valence-electron chi connectivity index (χ4n) is 2.17. The van der Waals surface area contributed by atoms with Crippen LogP contribution in [-0.4, -0.2) is 42.5 Å². The highest BCUT2D eigenvalue weighted by Crippen LogP contribution is 2.18. The number of nitrogens with zero attached hydrogens (tertiary/aromatic N) is 2. The zero-order valence-electron chi connectivity index (χ0n) is 10.3. The van der Waals surface area contributed by atoms with Crippen LogP contribution >= 0.6 is 15.9 Å². The molecule has 1 aliphatic heterocycles. The van der Waals surface area contributed by atoms with Crippen molar-refractivity contribution in [1.29, 1.82) is 0 Å². The van der Waals surface area contributed by atoms with E-state index in [-0.39, 0.29) is 0 Å². The van der Waals surface area contributed by atoms with Gasteiger partial charge in [0.1, 0.15) is 0 Å². The van der Waals surface area contributed by atoms with Gasteiger partial charge in [-0.15, -0.1) is 5.73 Å². The Kier molecular flexibility index (Phi) is 4.66. The van der Waals surface area contributed by atoms with Gasteiger partial charge < -0.3 is 9.80 Å². The number of piperazine rings is 1. The summed E-state index contributed by atoms with van der Waals surface area (Å²) in [5, 5.41) is 0. The average Bonchev–Trinajstić information content (AvgIpc) is 2.34. The summed E-state index contributed by atoms with van der Waals surface area (Å²) in [5.74, 6) is 0. The molecule has 0 atom stereocenters. The van der Waals surface area contributed by atoms with Gasteiger partial charge in [0.15, 0.2) is 0 Å². The molecule has 0 radical (unpaired) electrons. The van der Waals surface area contributed by atoms with Crippen LogP contribution in [0.3, 0.4) is 0 Å². The van der Waals surface area contributed by atoms with Crippen LogP contribution in [0.4, 0.5) is 0 Å². The topological polar surface area (TPSA) is 6.48 Å². The smallest absolute Gasteiger partial charge is 0.0341 e.